The second-order valence-corrected chi connectivity index (χ2v) is 9.96. The quantitative estimate of drug-likeness (QED) is 0.524. The third-order valence-corrected chi connectivity index (χ3v) is 7.22. The van der Waals surface area contributed by atoms with E-state index in [1.54, 1.807) is 6.33 Å². The van der Waals surface area contributed by atoms with Gasteiger partial charge in [0.1, 0.15) is 0 Å². The van der Waals surface area contributed by atoms with E-state index in [0.29, 0.717) is 10.9 Å². The van der Waals surface area contributed by atoms with Crippen molar-refractivity contribution in [2.75, 3.05) is 25.5 Å². The van der Waals surface area contributed by atoms with Crippen LogP contribution in [0.15, 0.2) is 35.5 Å². The first-order valence-electron chi connectivity index (χ1n) is 11.6. The van der Waals surface area contributed by atoms with Crippen molar-refractivity contribution in [3.63, 3.8) is 0 Å². The lowest BCUT2D eigenvalue weighted by molar-refractivity contribution is 0.281. The summed E-state index contributed by atoms with van der Waals surface area (Å²) in [5, 5.41) is 9.10. The van der Waals surface area contributed by atoms with Crippen LogP contribution in [-0.4, -0.2) is 50.3 Å². The fourth-order valence-corrected chi connectivity index (χ4v) is 5.28. The maximum absolute atomic E-state index is 13.7. The van der Waals surface area contributed by atoms with E-state index < -0.39 is 0 Å². The summed E-state index contributed by atoms with van der Waals surface area (Å²) >= 11 is 0. The van der Waals surface area contributed by atoms with Crippen LogP contribution in [0.2, 0.25) is 0 Å². The Kier molecular flexibility index (Phi) is 4.39. The maximum atomic E-state index is 13.7. The molecular formula is C25H29N7O. The van der Waals surface area contributed by atoms with Gasteiger partial charge in [0.25, 0.3) is 5.56 Å². The fourth-order valence-electron chi connectivity index (χ4n) is 5.28. The lowest BCUT2D eigenvalue weighted by Crippen LogP contribution is -2.42. The molecule has 1 aliphatic carbocycles. The summed E-state index contributed by atoms with van der Waals surface area (Å²) in [4.78, 5) is 25.0. The smallest absolute Gasteiger partial charge is 0.263 e. The molecule has 3 aromatic heterocycles. The Morgan fingerprint density at radius 3 is 2.76 bits per heavy atom. The number of aryl methyl sites for hydroxylation is 2. The standard InChI is InChI=1S/C25H29N7O/c1-15-9-19(29-32-13-16(2)28-23(15)32)17-10-20-22(21(11-17)30(3)4)24(33)31(14-26-20)18-5-8-27-25(12-18)6-7-25/h9-11,13-14,18,27H,5-8,12H2,1-4H3. The highest BCUT2D eigenvalue weighted by Gasteiger charge is 2.46. The number of anilines is 1. The molecule has 1 atom stereocenters. The molecule has 8 heteroatoms. The van der Waals surface area contributed by atoms with E-state index in [1.807, 2.05) is 60.3 Å². The number of hydrogen-bond donors (Lipinski definition) is 1. The summed E-state index contributed by atoms with van der Waals surface area (Å²) < 4.78 is 3.70. The zero-order valence-electron chi connectivity index (χ0n) is 19.6. The molecule has 6 rings (SSSR count). The maximum Gasteiger partial charge on any atom is 0.263 e. The molecule has 4 heterocycles. The number of aromatic nitrogens is 5. The van der Waals surface area contributed by atoms with Gasteiger partial charge in [-0.2, -0.15) is 5.10 Å². The lowest BCUT2D eigenvalue weighted by atomic mass is 9.97. The van der Waals surface area contributed by atoms with Crippen molar-refractivity contribution in [3.05, 3.63) is 52.3 Å². The number of imidazole rings is 1. The van der Waals surface area contributed by atoms with Gasteiger partial charge in [0.15, 0.2) is 5.65 Å². The van der Waals surface area contributed by atoms with E-state index >= 15 is 0 Å². The zero-order chi connectivity index (χ0) is 22.9. The molecule has 1 unspecified atom stereocenters. The minimum absolute atomic E-state index is 0.0442. The Bertz CT molecular complexity index is 1460. The summed E-state index contributed by atoms with van der Waals surface area (Å²) in [5.41, 5.74) is 6.49. The van der Waals surface area contributed by atoms with Crippen LogP contribution in [0, 0.1) is 13.8 Å². The molecule has 1 N–H and O–H groups in total. The van der Waals surface area contributed by atoms with Crippen molar-refractivity contribution < 1.29 is 0 Å². The van der Waals surface area contributed by atoms with Gasteiger partial charge in [-0.05, 0) is 69.8 Å². The molecule has 4 aromatic rings. The zero-order valence-corrected chi connectivity index (χ0v) is 19.6. The minimum Gasteiger partial charge on any atom is -0.377 e. The summed E-state index contributed by atoms with van der Waals surface area (Å²) in [6.07, 6.45) is 8.06. The summed E-state index contributed by atoms with van der Waals surface area (Å²) in [7, 11) is 3.94. The van der Waals surface area contributed by atoms with Crippen molar-refractivity contribution in [3.8, 4) is 11.3 Å². The minimum atomic E-state index is 0.0442. The van der Waals surface area contributed by atoms with Crippen LogP contribution in [0.25, 0.3) is 27.8 Å². The molecule has 170 valence electrons. The van der Waals surface area contributed by atoms with Gasteiger partial charge in [-0.15, -0.1) is 0 Å². The van der Waals surface area contributed by atoms with Crippen LogP contribution < -0.4 is 15.8 Å². The van der Waals surface area contributed by atoms with Crippen LogP contribution in [0.4, 0.5) is 5.69 Å². The molecule has 33 heavy (non-hydrogen) atoms. The second kappa shape index (κ2) is 7.12. The number of nitrogens with one attached hydrogen (secondary N) is 1. The molecule has 2 aliphatic rings. The fraction of sp³-hybridized carbons (Fsp3) is 0.440. The highest BCUT2D eigenvalue weighted by atomic mass is 16.1. The first kappa shape index (κ1) is 20.4. The van der Waals surface area contributed by atoms with Crippen molar-refractivity contribution in [1.29, 1.82) is 0 Å². The molecule has 8 nitrogen and oxygen atoms in total. The molecule has 2 fully saturated rings. The first-order chi connectivity index (χ1) is 15.8. The van der Waals surface area contributed by atoms with Gasteiger partial charge >= 0.3 is 0 Å². The summed E-state index contributed by atoms with van der Waals surface area (Å²) in [5.74, 6) is 0. The van der Waals surface area contributed by atoms with Crippen LogP contribution in [0.1, 0.15) is 43.0 Å². The Balaban J connectivity index is 1.50. The summed E-state index contributed by atoms with van der Waals surface area (Å²) in [6, 6.07) is 6.28. The average molecular weight is 444 g/mol. The monoisotopic (exact) mass is 443 g/mol. The van der Waals surface area contributed by atoms with E-state index in [2.05, 4.69) is 16.4 Å². The van der Waals surface area contributed by atoms with E-state index in [1.165, 1.54) is 12.8 Å². The first-order valence-corrected chi connectivity index (χ1v) is 11.6. The molecule has 0 radical (unpaired) electrons. The van der Waals surface area contributed by atoms with Gasteiger partial charge in [-0.25, -0.2) is 14.5 Å². The number of piperidine rings is 1. The van der Waals surface area contributed by atoms with Gasteiger partial charge in [0, 0.05) is 31.2 Å². The van der Waals surface area contributed by atoms with Gasteiger partial charge < -0.3 is 10.2 Å². The van der Waals surface area contributed by atoms with Crippen LogP contribution in [-0.2, 0) is 0 Å². The number of nitrogens with zero attached hydrogens (tertiary/aromatic N) is 6. The van der Waals surface area contributed by atoms with Crippen LogP contribution in [0.5, 0.6) is 0 Å². The third-order valence-electron chi connectivity index (χ3n) is 7.22. The van der Waals surface area contributed by atoms with Gasteiger partial charge in [0.05, 0.1) is 40.5 Å². The highest BCUT2D eigenvalue weighted by Crippen LogP contribution is 2.45. The topological polar surface area (TPSA) is 80.4 Å². The van der Waals surface area contributed by atoms with Gasteiger partial charge in [-0.1, -0.05) is 0 Å². The van der Waals surface area contributed by atoms with E-state index in [9.17, 15) is 4.79 Å². The Labute approximate surface area is 192 Å². The Morgan fingerprint density at radius 2 is 2.00 bits per heavy atom. The normalized spacial score (nSPS) is 19.5. The SMILES string of the molecule is Cc1cn2nc(-c3cc(N(C)C)c4c(=O)n(C5CCNC6(CC6)C5)cnc4c3)cc(C)c2n1. The van der Waals surface area contributed by atoms with Gasteiger partial charge in [0.2, 0.25) is 0 Å². The predicted molar refractivity (Wildman–Crippen MR) is 130 cm³/mol. The number of benzene rings is 1. The Morgan fingerprint density at radius 1 is 1.18 bits per heavy atom. The molecule has 1 saturated heterocycles. The largest absolute Gasteiger partial charge is 0.377 e. The average Bonchev–Trinajstić information content (AvgIpc) is 3.40. The molecule has 1 aliphatic heterocycles. The second-order valence-electron chi connectivity index (χ2n) is 9.96. The third kappa shape index (κ3) is 3.31. The predicted octanol–water partition coefficient (Wildman–Crippen LogP) is 3.25. The van der Waals surface area contributed by atoms with Crippen LogP contribution >= 0.6 is 0 Å². The van der Waals surface area contributed by atoms with Crippen molar-refractivity contribution >= 4 is 22.2 Å². The highest BCUT2D eigenvalue weighted by molar-refractivity contribution is 5.95. The van der Waals surface area contributed by atoms with Crippen molar-refractivity contribution in [2.24, 2.45) is 0 Å². The number of fused-ring (bicyclic) bond motifs is 2. The molecule has 1 spiro atoms. The summed E-state index contributed by atoms with van der Waals surface area (Å²) in [6.45, 7) is 4.97. The van der Waals surface area contributed by atoms with E-state index in [0.717, 1.165) is 53.2 Å². The molecule has 1 saturated carbocycles. The lowest BCUT2D eigenvalue weighted by Gasteiger charge is -2.31. The molecule has 0 amide bonds. The van der Waals surface area contributed by atoms with Crippen molar-refractivity contribution in [1.82, 2.24) is 29.5 Å². The Hall–Kier alpha value is -3.26. The number of rotatable bonds is 3. The number of hydrogen-bond acceptors (Lipinski definition) is 6. The van der Waals surface area contributed by atoms with E-state index in [-0.39, 0.29) is 17.1 Å². The molecule has 1 aromatic carbocycles. The van der Waals surface area contributed by atoms with Gasteiger partial charge in [-0.3, -0.25) is 9.36 Å². The van der Waals surface area contributed by atoms with Crippen molar-refractivity contribution in [2.45, 2.75) is 51.1 Å². The molecular weight excluding hydrogens is 414 g/mol. The van der Waals surface area contributed by atoms with Crippen LogP contribution in [0.3, 0.4) is 0 Å². The van der Waals surface area contributed by atoms with E-state index in [4.69, 9.17) is 10.1 Å². The molecule has 0 bridgehead atoms.